The van der Waals surface area contributed by atoms with Gasteiger partial charge in [0.05, 0.1) is 17.1 Å². The number of aromatic nitrogens is 2. The molecule has 1 heterocycles. The molecule has 0 amide bonds. The highest BCUT2D eigenvalue weighted by molar-refractivity contribution is 5.77. The van der Waals surface area contributed by atoms with Gasteiger partial charge in [-0.3, -0.25) is 0 Å². The zero-order valence-corrected chi connectivity index (χ0v) is 10.6. The van der Waals surface area contributed by atoms with Crippen LogP contribution in [0.5, 0.6) is 0 Å². The van der Waals surface area contributed by atoms with Crippen molar-refractivity contribution in [3.05, 3.63) is 29.6 Å². The van der Waals surface area contributed by atoms with Gasteiger partial charge < -0.3 is 4.57 Å². The zero-order valence-electron chi connectivity index (χ0n) is 10.6. The lowest BCUT2D eigenvalue weighted by Gasteiger charge is -2.10. The quantitative estimate of drug-likeness (QED) is 0.806. The molecule has 0 fully saturated rings. The lowest BCUT2D eigenvalue weighted by molar-refractivity contribution is 0.600. The van der Waals surface area contributed by atoms with Crippen molar-refractivity contribution in [1.82, 2.24) is 9.55 Å². The molecule has 0 atom stereocenters. The molecule has 0 saturated carbocycles. The number of aryl methyl sites for hydroxylation is 2. The molecule has 1 aromatic carbocycles. The largest absolute Gasteiger partial charge is 0.326 e. The number of nitrogens with zero attached hydrogens (tertiary/aromatic N) is 3. The highest BCUT2D eigenvalue weighted by Gasteiger charge is 2.10. The van der Waals surface area contributed by atoms with Gasteiger partial charge in [-0.2, -0.15) is 5.26 Å². The molecule has 0 bridgehead atoms. The van der Waals surface area contributed by atoms with Crippen molar-refractivity contribution in [2.75, 3.05) is 0 Å². The van der Waals surface area contributed by atoms with Crippen molar-refractivity contribution in [1.29, 1.82) is 5.26 Å². The molecule has 2 aromatic rings. The van der Waals surface area contributed by atoms with Gasteiger partial charge in [0.2, 0.25) is 0 Å². The minimum Gasteiger partial charge on any atom is -0.326 e. The minimum absolute atomic E-state index is 0.421. The summed E-state index contributed by atoms with van der Waals surface area (Å²) in [7, 11) is 0. The number of fused-ring (bicyclic) bond motifs is 1. The second kappa shape index (κ2) is 4.58. The molecule has 88 valence electrons. The first kappa shape index (κ1) is 11.7. The molecule has 0 saturated heterocycles. The molecule has 3 heteroatoms. The van der Waals surface area contributed by atoms with E-state index in [-0.39, 0.29) is 0 Å². The number of imidazole rings is 1. The maximum atomic E-state index is 8.59. The summed E-state index contributed by atoms with van der Waals surface area (Å²) in [5, 5.41) is 8.59. The summed E-state index contributed by atoms with van der Waals surface area (Å²) in [5.74, 6) is 1.05. The van der Waals surface area contributed by atoms with Crippen LogP contribution in [-0.2, 0) is 6.42 Å². The van der Waals surface area contributed by atoms with E-state index in [0.717, 1.165) is 17.8 Å². The third-order valence-electron chi connectivity index (χ3n) is 2.97. The molecule has 0 N–H and O–H groups in total. The Labute approximate surface area is 102 Å². The van der Waals surface area contributed by atoms with Gasteiger partial charge in [0, 0.05) is 12.5 Å². The van der Waals surface area contributed by atoms with Gasteiger partial charge in [0.1, 0.15) is 5.82 Å². The molecule has 0 aliphatic rings. The highest BCUT2D eigenvalue weighted by atomic mass is 15.1. The van der Waals surface area contributed by atoms with E-state index in [2.05, 4.69) is 47.7 Å². The first-order chi connectivity index (χ1) is 8.13. The van der Waals surface area contributed by atoms with Crippen molar-refractivity contribution in [3.8, 4) is 6.07 Å². The van der Waals surface area contributed by atoms with Gasteiger partial charge in [-0.1, -0.05) is 6.07 Å². The van der Waals surface area contributed by atoms with E-state index in [0.29, 0.717) is 12.5 Å². The van der Waals surface area contributed by atoms with Gasteiger partial charge >= 0.3 is 0 Å². The summed E-state index contributed by atoms with van der Waals surface area (Å²) in [6, 6.07) is 8.90. The van der Waals surface area contributed by atoms with Gasteiger partial charge in [-0.15, -0.1) is 0 Å². The summed E-state index contributed by atoms with van der Waals surface area (Å²) in [5.41, 5.74) is 3.40. The summed E-state index contributed by atoms with van der Waals surface area (Å²) in [4.78, 5) is 4.58. The van der Waals surface area contributed by atoms with Crippen molar-refractivity contribution in [2.24, 2.45) is 0 Å². The maximum absolute atomic E-state index is 8.59. The van der Waals surface area contributed by atoms with Crippen LogP contribution in [0.2, 0.25) is 0 Å². The van der Waals surface area contributed by atoms with Crippen LogP contribution in [0.1, 0.15) is 37.7 Å². The molecule has 0 aliphatic carbocycles. The fourth-order valence-electron chi connectivity index (χ4n) is 2.27. The number of nitriles is 1. The van der Waals surface area contributed by atoms with Gasteiger partial charge in [0.15, 0.2) is 0 Å². The van der Waals surface area contributed by atoms with Gasteiger partial charge in [-0.05, 0) is 44.9 Å². The van der Waals surface area contributed by atoms with Crippen LogP contribution in [0, 0.1) is 18.3 Å². The van der Waals surface area contributed by atoms with Crippen LogP contribution >= 0.6 is 0 Å². The predicted octanol–water partition coefficient (Wildman–Crippen LogP) is 3.38. The molecular weight excluding hydrogens is 210 g/mol. The van der Waals surface area contributed by atoms with Crippen LogP contribution in [-0.4, -0.2) is 9.55 Å². The van der Waals surface area contributed by atoms with Crippen molar-refractivity contribution in [3.63, 3.8) is 0 Å². The van der Waals surface area contributed by atoms with Gasteiger partial charge in [-0.25, -0.2) is 4.98 Å². The zero-order chi connectivity index (χ0) is 12.4. The molecule has 2 rings (SSSR count). The first-order valence-corrected chi connectivity index (χ1v) is 5.98. The normalized spacial score (nSPS) is 11.0. The molecule has 0 unspecified atom stereocenters. The van der Waals surface area contributed by atoms with E-state index in [1.165, 1.54) is 11.1 Å². The molecule has 0 aliphatic heterocycles. The van der Waals surface area contributed by atoms with Crippen LogP contribution < -0.4 is 0 Å². The predicted molar refractivity (Wildman–Crippen MR) is 68.8 cm³/mol. The number of rotatable bonds is 3. The minimum atomic E-state index is 0.421. The lowest BCUT2D eigenvalue weighted by Crippen LogP contribution is -2.02. The lowest BCUT2D eigenvalue weighted by atomic mass is 10.1. The van der Waals surface area contributed by atoms with E-state index >= 15 is 0 Å². The third-order valence-corrected chi connectivity index (χ3v) is 2.97. The average molecular weight is 227 g/mol. The topological polar surface area (TPSA) is 41.6 Å². The highest BCUT2D eigenvalue weighted by Crippen LogP contribution is 2.22. The fraction of sp³-hybridized carbons (Fsp3) is 0.429. The molecule has 17 heavy (non-hydrogen) atoms. The molecule has 0 radical (unpaired) electrons. The second-order valence-electron chi connectivity index (χ2n) is 4.60. The average Bonchev–Trinajstić information content (AvgIpc) is 2.61. The Morgan fingerprint density at radius 2 is 2.18 bits per heavy atom. The van der Waals surface area contributed by atoms with Gasteiger partial charge in [0.25, 0.3) is 0 Å². The Kier molecular flexibility index (Phi) is 3.14. The number of benzene rings is 1. The second-order valence-corrected chi connectivity index (χ2v) is 4.60. The van der Waals surface area contributed by atoms with Crippen LogP contribution in [0.15, 0.2) is 18.2 Å². The van der Waals surface area contributed by atoms with E-state index in [1.807, 2.05) is 6.92 Å². The smallest absolute Gasteiger partial charge is 0.106 e. The number of hydrogen-bond acceptors (Lipinski definition) is 2. The maximum Gasteiger partial charge on any atom is 0.106 e. The fourth-order valence-corrected chi connectivity index (χ4v) is 2.27. The van der Waals surface area contributed by atoms with Crippen LogP contribution in [0.25, 0.3) is 11.0 Å². The van der Waals surface area contributed by atoms with Crippen molar-refractivity contribution in [2.45, 2.75) is 39.7 Å². The summed E-state index contributed by atoms with van der Waals surface area (Å²) < 4.78 is 2.24. The monoisotopic (exact) mass is 227 g/mol. The summed E-state index contributed by atoms with van der Waals surface area (Å²) in [6.45, 7) is 6.37. The Bertz CT molecular complexity index is 573. The van der Waals surface area contributed by atoms with Crippen LogP contribution in [0.3, 0.4) is 0 Å². The van der Waals surface area contributed by atoms with E-state index < -0.39 is 0 Å². The Morgan fingerprint density at radius 3 is 2.82 bits per heavy atom. The van der Waals surface area contributed by atoms with Crippen LogP contribution in [0.4, 0.5) is 0 Å². The van der Waals surface area contributed by atoms with Crippen molar-refractivity contribution >= 4 is 11.0 Å². The third kappa shape index (κ3) is 2.16. The standard InChI is InChI=1S/C14H17N3/c1-10(2)17-11(3)16-13-9-12(5-4-8-15)6-7-14(13)17/h6-7,9-10H,4-5H2,1-3H3. The Hall–Kier alpha value is -1.82. The Balaban J connectivity index is 2.47. The Morgan fingerprint density at radius 1 is 1.41 bits per heavy atom. The molecule has 3 nitrogen and oxygen atoms in total. The summed E-state index contributed by atoms with van der Waals surface area (Å²) >= 11 is 0. The van der Waals surface area contributed by atoms with E-state index in [1.54, 1.807) is 0 Å². The molecule has 1 aromatic heterocycles. The van der Waals surface area contributed by atoms with E-state index in [4.69, 9.17) is 5.26 Å². The van der Waals surface area contributed by atoms with E-state index in [9.17, 15) is 0 Å². The number of hydrogen-bond donors (Lipinski definition) is 0. The molecular formula is C14H17N3. The summed E-state index contributed by atoms with van der Waals surface area (Å²) in [6.07, 6.45) is 1.37. The first-order valence-electron chi connectivity index (χ1n) is 5.98. The SMILES string of the molecule is Cc1nc2cc(CCC#N)ccc2n1C(C)C. The molecule has 0 spiro atoms. The van der Waals surface area contributed by atoms with Crippen molar-refractivity contribution < 1.29 is 0 Å².